The van der Waals surface area contributed by atoms with Crippen LogP contribution in [0.4, 0.5) is 0 Å². The minimum atomic E-state index is 0.676. The summed E-state index contributed by atoms with van der Waals surface area (Å²) in [7, 11) is 0. The van der Waals surface area contributed by atoms with E-state index in [2.05, 4.69) is 16.4 Å². The number of aromatic nitrogens is 1. The molecule has 1 saturated heterocycles. The van der Waals surface area contributed by atoms with Crippen molar-refractivity contribution in [2.75, 3.05) is 13.1 Å². The number of pyridine rings is 1. The molecule has 2 rings (SSSR count). The van der Waals surface area contributed by atoms with Crippen molar-refractivity contribution in [2.24, 2.45) is 5.92 Å². The van der Waals surface area contributed by atoms with E-state index in [0.717, 1.165) is 25.4 Å². The first-order valence-corrected chi connectivity index (χ1v) is 6.04. The third-order valence-corrected chi connectivity index (χ3v) is 3.38. The molecule has 2 nitrogen and oxygen atoms in total. The lowest BCUT2D eigenvalue weighted by molar-refractivity contribution is 0.469. The largest absolute Gasteiger partial charge is 0.317 e. The highest BCUT2D eigenvalue weighted by Crippen LogP contribution is 2.22. The topological polar surface area (TPSA) is 24.9 Å². The Morgan fingerprint density at radius 2 is 2.33 bits per heavy atom. The average molecular weight is 225 g/mol. The van der Waals surface area contributed by atoms with Gasteiger partial charge in [-0.15, -0.1) is 0 Å². The van der Waals surface area contributed by atoms with E-state index in [1.165, 1.54) is 24.8 Å². The quantitative estimate of drug-likeness (QED) is 0.782. The Balaban J connectivity index is 1.98. The molecule has 1 fully saturated rings. The molecule has 1 N–H and O–H groups in total. The highest BCUT2D eigenvalue weighted by Gasteiger charge is 2.13. The van der Waals surface area contributed by atoms with Gasteiger partial charge in [0.05, 0.1) is 0 Å². The summed E-state index contributed by atoms with van der Waals surface area (Å²) < 4.78 is 0. The minimum absolute atomic E-state index is 0.676. The van der Waals surface area contributed by atoms with E-state index in [9.17, 15) is 0 Å². The van der Waals surface area contributed by atoms with Gasteiger partial charge in [-0.25, -0.2) is 4.98 Å². The molecule has 0 bridgehead atoms. The van der Waals surface area contributed by atoms with Crippen LogP contribution in [0.15, 0.2) is 18.3 Å². The van der Waals surface area contributed by atoms with Crippen molar-refractivity contribution in [3.8, 4) is 0 Å². The molecule has 0 aliphatic carbocycles. The lowest BCUT2D eigenvalue weighted by Gasteiger charge is -2.13. The standard InChI is InChI=1S/C12H17ClN2/c13-12-11(4-2-7-15-12)9-10-3-1-6-14-8-5-10/h2,4,7,10,14H,1,3,5-6,8-9H2. The normalized spacial score (nSPS) is 22.3. The maximum atomic E-state index is 6.06. The highest BCUT2D eigenvalue weighted by molar-refractivity contribution is 6.30. The molecule has 0 saturated carbocycles. The summed E-state index contributed by atoms with van der Waals surface area (Å²) in [5.41, 5.74) is 1.20. The first-order chi connectivity index (χ1) is 7.36. The molecule has 0 spiro atoms. The molecule has 1 aliphatic rings. The van der Waals surface area contributed by atoms with Gasteiger partial charge in [0.15, 0.2) is 0 Å². The SMILES string of the molecule is Clc1ncccc1CC1CCCNCC1. The Hall–Kier alpha value is -0.600. The van der Waals surface area contributed by atoms with Crippen molar-refractivity contribution in [1.29, 1.82) is 0 Å². The van der Waals surface area contributed by atoms with Gasteiger partial charge in [-0.05, 0) is 56.3 Å². The molecule has 1 aromatic rings. The third-order valence-electron chi connectivity index (χ3n) is 3.04. The van der Waals surface area contributed by atoms with Gasteiger partial charge in [0.2, 0.25) is 0 Å². The Labute approximate surface area is 96.1 Å². The monoisotopic (exact) mass is 224 g/mol. The molecule has 1 atom stereocenters. The number of nitrogens with zero attached hydrogens (tertiary/aromatic N) is 1. The number of nitrogens with one attached hydrogen (secondary N) is 1. The predicted octanol–water partition coefficient (Wildman–Crippen LogP) is 2.67. The zero-order valence-electron chi connectivity index (χ0n) is 8.88. The highest BCUT2D eigenvalue weighted by atomic mass is 35.5. The van der Waals surface area contributed by atoms with E-state index in [1.807, 2.05) is 6.07 Å². The number of rotatable bonds is 2. The second kappa shape index (κ2) is 5.47. The summed E-state index contributed by atoms with van der Waals surface area (Å²) in [5, 5.41) is 4.10. The smallest absolute Gasteiger partial charge is 0.132 e. The Kier molecular flexibility index (Phi) is 3.98. The Morgan fingerprint density at radius 1 is 1.40 bits per heavy atom. The van der Waals surface area contributed by atoms with Crippen molar-refractivity contribution >= 4 is 11.6 Å². The summed E-state index contributed by atoms with van der Waals surface area (Å²) in [6, 6.07) is 4.06. The summed E-state index contributed by atoms with van der Waals surface area (Å²) in [6.07, 6.45) is 6.67. The number of hydrogen-bond donors (Lipinski definition) is 1. The molecule has 1 aliphatic heterocycles. The van der Waals surface area contributed by atoms with Crippen molar-refractivity contribution in [1.82, 2.24) is 10.3 Å². The first-order valence-electron chi connectivity index (χ1n) is 5.66. The van der Waals surface area contributed by atoms with Crippen LogP contribution in [0, 0.1) is 5.92 Å². The third kappa shape index (κ3) is 3.18. The van der Waals surface area contributed by atoms with Crippen LogP contribution in [-0.2, 0) is 6.42 Å². The molecule has 15 heavy (non-hydrogen) atoms. The van der Waals surface area contributed by atoms with Gasteiger partial charge in [0.1, 0.15) is 5.15 Å². The van der Waals surface area contributed by atoms with Crippen LogP contribution in [0.5, 0.6) is 0 Å². The van der Waals surface area contributed by atoms with E-state index in [1.54, 1.807) is 6.20 Å². The average Bonchev–Trinajstić information content (AvgIpc) is 2.50. The van der Waals surface area contributed by atoms with Gasteiger partial charge in [-0.3, -0.25) is 0 Å². The summed E-state index contributed by atoms with van der Waals surface area (Å²) in [5.74, 6) is 0.765. The zero-order chi connectivity index (χ0) is 10.5. The van der Waals surface area contributed by atoms with Crippen LogP contribution in [0.3, 0.4) is 0 Å². The molecule has 3 heteroatoms. The van der Waals surface area contributed by atoms with Gasteiger partial charge < -0.3 is 5.32 Å². The van der Waals surface area contributed by atoms with Crippen molar-refractivity contribution in [3.05, 3.63) is 29.0 Å². The fraction of sp³-hybridized carbons (Fsp3) is 0.583. The molecule has 1 aromatic heterocycles. The van der Waals surface area contributed by atoms with Crippen molar-refractivity contribution in [2.45, 2.75) is 25.7 Å². The number of hydrogen-bond acceptors (Lipinski definition) is 2. The zero-order valence-corrected chi connectivity index (χ0v) is 9.63. The van der Waals surface area contributed by atoms with Gasteiger partial charge in [0, 0.05) is 6.20 Å². The lowest BCUT2D eigenvalue weighted by atomic mass is 9.93. The number of halogens is 1. The fourth-order valence-corrected chi connectivity index (χ4v) is 2.37. The molecular weight excluding hydrogens is 208 g/mol. The van der Waals surface area contributed by atoms with Crippen LogP contribution in [0.1, 0.15) is 24.8 Å². The first kappa shape index (κ1) is 10.9. The second-order valence-electron chi connectivity index (χ2n) is 4.20. The minimum Gasteiger partial charge on any atom is -0.317 e. The maximum absolute atomic E-state index is 6.06. The van der Waals surface area contributed by atoms with Crippen molar-refractivity contribution in [3.63, 3.8) is 0 Å². The van der Waals surface area contributed by atoms with Crippen molar-refractivity contribution < 1.29 is 0 Å². The van der Waals surface area contributed by atoms with Gasteiger partial charge in [0.25, 0.3) is 0 Å². The Morgan fingerprint density at radius 3 is 3.20 bits per heavy atom. The van der Waals surface area contributed by atoms with Crippen LogP contribution in [-0.4, -0.2) is 18.1 Å². The molecule has 0 radical (unpaired) electrons. The van der Waals surface area contributed by atoms with Gasteiger partial charge in [-0.2, -0.15) is 0 Å². The van der Waals surface area contributed by atoms with E-state index in [-0.39, 0.29) is 0 Å². The lowest BCUT2D eigenvalue weighted by Crippen LogP contribution is -2.14. The molecular formula is C12H17ClN2. The van der Waals surface area contributed by atoms with E-state index in [0.29, 0.717) is 5.15 Å². The summed E-state index contributed by atoms with van der Waals surface area (Å²) in [4.78, 5) is 4.12. The molecule has 0 amide bonds. The van der Waals surface area contributed by atoms with Gasteiger partial charge in [-0.1, -0.05) is 17.7 Å². The summed E-state index contributed by atoms with van der Waals surface area (Å²) >= 11 is 6.06. The van der Waals surface area contributed by atoms with Crippen LogP contribution in [0.2, 0.25) is 5.15 Å². The van der Waals surface area contributed by atoms with Crippen LogP contribution < -0.4 is 5.32 Å². The molecule has 1 unspecified atom stereocenters. The molecule has 82 valence electrons. The second-order valence-corrected chi connectivity index (χ2v) is 4.56. The van der Waals surface area contributed by atoms with E-state index < -0.39 is 0 Å². The van der Waals surface area contributed by atoms with E-state index >= 15 is 0 Å². The Bertz CT molecular complexity index is 306. The predicted molar refractivity (Wildman–Crippen MR) is 63.2 cm³/mol. The fourth-order valence-electron chi connectivity index (χ4n) is 2.18. The van der Waals surface area contributed by atoms with Crippen LogP contribution in [0.25, 0.3) is 0 Å². The maximum Gasteiger partial charge on any atom is 0.132 e. The van der Waals surface area contributed by atoms with Gasteiger partial charge >= 0.3 is 0 Å². The molecule has 2 heterocycles. The van der Waals surface area contributed by atoms with E-state index in [4.69, 9.17) is 11.6 Å². The summed E-state index contributed by atoms with van der Waals surface area (Å²) in [6.45, 7) is 2.31. The van der Waals surface area contributed by atoms with Crippen LogP contribution >= 0.6 is 11.6 Å². The molecule has 0 aromatic carbocycles.